The summed E-state index contributed by atoms with van der Waals surface area (Å²) < 4.78 is 27.7. The molecule has 3 atom stereocenters. The molecule has 0 spiro atoms. The molecule has 0 N–H and O–H groups in total. The van der Waals surface area contributed by atoms with Crippen molar-refractivity contribution in [2.75, 3.05) is 21.0 Å². The molecule has 1 saturated heterocycles. The molecule has 0 amide bonds. The first kappa shape index (κ1) is 19.6. The minimum Gasteiger partial charge on any atom is -0.466 e. The van der Waals surface area contributed by atoms with E-state index in [0.717, 1.165) is 5.56 Å². The third-order valence-corrected chi connectivity index (χ3v) is 3.84. The van der Waals surface area contributed by atoms with E-state index in [1.54, 1.807) is 13.2 Å². The number of carbonyl (C=O) groups is 1. The van der Waals surface area contributed by atoms with E-state index in [1.165, 1.54) is 13.2 Å². The van der Waals surface area contributed by atoms with Crippen LogP contribution in [0.25, 0.3) is 0 Å². The molecule has 25 heavy (non-hydrogen) atoms. The number of rotatable bonds is 8. The Balaban J connectivity index is 2.19. The molecule has 0 aliphatic carbocycles. The predicted octanol–water partition coefficient (Wildman–Crippen LogP) is 2.99. The Kier molecular flexibility index (Phi) is 7.13. The maximum atomic E-state index is 11.3. The van der Waals surface area contributed by atoms with Gasteiger partial charge < -0.3 is 23.7 Å². The molecule has 138 valence electrons. The summed E-state index contributed by atoms with van der Waals surface area (Å²) >= 11 is 0. The van der Waals surface area contributed by atoms with Crippen molar-refractivity contribution >= 4 is 5.97 Å². The Morgan fingerprint density at radius 2 is 1.96 bits per heavy atom. The van der Waals surface area contributed by atoms with E-state index < -0.39 is 11.8 Å². The lowest BCUT2D eigenvalue weighted by Gasteiger charge is -2.26. The van der Waals surface area contributed by atoms with Crippen LogP contribution in [0.1, 0.15) is 31.9 Å². The number of benzene rings is 1. The van der Waals surface area contributed by atoms with Crippen LogP contribution < -0.4 is 0 Å². The summed E-state index contributed by atoms with van der Waals surface area (Å²) in [7, 11) is 2.92. The van der Waals surface area contributed by atoms with Crippen LogP contribution in [-0.2, 0) is 28.5 Å². The quantitative estimate of drug-likeness (QED) is 0.408. The maximum absolute atomic E-state index is 11.3. The summed E-state index contributed by atoms with van der Waals surface area (Å²) in [6.45, 7) is 3.87. The molecule has 2 rings (SSSR count). The average Bonchev–Trinajstić information content (AvgIpc) is 2.90. The number of ether oxygens (including phenoxy) is 5. The number of hydrogen-bond donors (Lipinski definition) is 0. The molecule has 1 fully saturated rings. The summed E-state index contributed by atoms with van der Waals surface area (Å²) in [5.41, 5.74) is 0.979. The Morgan fingerprint density at radius 3 is 2.60 bits per heavy atom. The van der Waals surface area contributed by atoms with Crippen molar-refractivity contribution in [2.45, 2.75) is 44.4 Å². The lowest BCUT2D eigenvalue weighted by atomic mass is 9.98. The molecule has 6 nitrogen and oxygen atoms in total. The van der Waals surface area contributed by atoms with Crippen LogP contribution in [0, 0.1) is 0 Å². The summed E-state index contributed by atoms with van der Waals surface area (Å²) in [5.74, 6) is -1.14. The number of methoxy groups -OCH3 is 2. The van der Waals surface area contributed by atoms with E-state index >= 15 is 0 Å². The fourth-order valence-corrected chi connectivity index (χ4v) is 2.83. The van der Waals surface area contributed by atoms with Gasteiger partial charge in [-0.25, -0.2) is 4.79 Å². The Labute approximate surface area is 148 Å². The van der Waals surface area contributed by atoms with Crippen LogP contribution in [0.15, 0.2) is 42.5 Å². The van der Waals surface area contributed by atoms with E-state index in [-0.39, 0.29) is 25.1 Å². The van der Waals surface area contributed by atoms with Crippen molar-refractivity contribution in [2.24, 2.45) is 0 Å². The topological polar surface area (TPSA) is 63.2 Å². The zero-order valence-electron chi connectivity index (χ0n) is 15.1. The Morgan fingerprint density at radius 1 is 1.24 bits per heavy atom. The fourth-order valence-electron chi connectivity index (χ4n) is 2.83. The van der Waals surface area contributed by atoms with Crippen LogP contribution in [0.5, 0.6) is 0 Å². The molecule has 0 saturated carbocycles. The minimum atomic E-state index is -0.738. The van der Waals surface area contributed by atoms with Gasteiger partial charge in [-0.1, -0.05) is 36.4 Å². The first-order valence-corrected chi connectivity index (χ1v) is 8.22. The first-order chi connectivity index (χ1) is 12.0. The molecule has 0 unspecified atom stereocenters. The van der Waals surface area contributed by atoms with E-state index in [9.17, 15) is 4.79 Å². The van der Waals surface area contributed by atoms with Gasteiger partial charge in [-0.2, -0.15) is 0 Å². The summed E-state index contributed by atoms with van der Waals surface area (Å²) in [6.07, 6.45) is 2.67. The molecule has 0 radical (unpaired) electrons. The second-order valence-electron chi connectivity index (χ2n) is 6.20. The molecule has 1 heterocycles. The van der Waals surface area contributed by atoms with Crippen molar-refractivity contribution in [1.29, 1.82) is 0 Å². The van der Waals surface area contributed by atoms with Gasteiger partial charge in [0.15, 0.2) is 5.79 Å². The zero-order valence-corrected chi connectivity index (χ0v) is 15.1. The van der Waals surface area contributed by atoms with Gasteiger partial charge in [-0.05, 0) is 25.8 Å². The second kappa shape index (κ2) is 9.10. The van der Waals surface area contributed by atoms with E-state index in [2.05, 4.69) is 4.74 Å². The summed E-state index contributed by atoms with van der Waals surface area (Å²) in [6, 6.07) is 9.81. The number of esters is 1. The first-order valence-electron chi connectivity index (χ1n) is 8.22. The fraction of sp³-hybridized carbons (Fsp3) is 0.526. The Bertz CT molecular complexity index is 569. The second-order valence-corrected chi connectivity index (χ2v) is 6.20. The van der Waals surface area contributed by atoms with Gasteiger partial charge in [0.25, 0.3) is 0 Å². The molecular weight excluding hydrogens is 324 g/mol. The standard InChI is InChI=1S/C19H26O6/c1-19(2)24-15(11-8-12-16(20)22-4)18(25-19)17(23-13-21-3)14-9-6-5-7-10-14/h5-10,12,15,17-18H,11,13H2,1-4H3/b12-8-/t15-,17-,18-/m1/s1. The third kappa shape index (κ3) is 5.64. The van der Waals surface area contributed by atoms with Gasteiger partial charge in [-0.15, -0.1) is 0 Å². The highest BCUT2D eigenvalue weighted by molar-refractivity contribution is 5.81. The normalized spacial score (nSPS) is 23.7. The van der Waals surface area contributed by atoms with Gasteiger partial charge in [0.1, 0.15) is 19.0 Å². The van der Waals surface area contributed by atoms with Gasteiger partial charge in [0.2, 0.25) is 0 Å². The average molecular weight is 350 g/mol. The number of carbonyl (C=O) groups excluding carboxylic acids is 1. The molecular formula is C19H26O6. The molecule has 6 heteroatoms. The highest BCUT2D eigenvalue weighted by atomic mass is 16.8. The lowest BCUT2D eigenvalue weighted by Crippen LogP contribution is -2.31. The number of hydrogen-bond acceptors (Lipinski definition) is 6. The van der Waals surface area contributed by atoms with Crippen molar-refractivity contribution < 1.29 is 28.5 Å². The van der Waals surface area contributed by atoms with Gasteiger partial charge in [0.05, 0.1) is 13.2 Å². The highest BCUT2D eigenvalue weighted by Gasteiger charge is 2.45. The van der Waals surface area contributed by atoms with Crippen LogP contribution in [0.3, 0.4) is 0 Å². The summed E-state index contributed by atoms with van der Waals surface area (Å²) in [4.78, 5) is 11.3. The summed E-state index contributed by atoms with van der Waals surface area (Å²) in [5, 5.41) is 0. The Hall–Kier alpha value is -1.73. The maximum Gasteiger partial charge on any atom is 0.330 e. The molecule has 1 aromatic rings. The third-order valence-electron chi connectivity index (χ3n) is 3.84. The van der Waals surface area contributed by atoms with Crippen molar-refractivity contribution in [3.8, 4) is 0 Å². The van der Waals surface area contributed by atoms with Crippen LogP contribution in [0.2, 0.25) is 0 Å². The van der Waals surface area contributed by atoms with Crippen LogP contribution >= 0.6 is 0 Å². The SMILES string of the molecule is COCO[C@H](c1ccccc1)[C@@H]1OC(C)(C)O[C@@H]1C/C=C\C(=O)OC. The molecule has 0 bridgehead atoms. The molecule has 1 aliphatic rings. The van der Waals surface area contributed by atoms with Crippen LogP contribution in [0.4, 0.5) is 0 Å². The predicted molar refractivity (Wildman–Crippen MR) is 91.7 cm³/mol. The van der Waals surface area contributed by atoms with Gasteiger partial charge >= 0.3 is 5.97 Å². The minimum absolute atomic E-state index is 0.143. The van der Waals surface area contributed by atoms with Crippen molar-refractivity contribution in [1.82, 2.24) is 0 Å². The molecule has 0 aromatic heterocycles. The van der Waals surface area contributed by atoms with E-state index in [4.69, 9.17) is 18.9 Å². The largest absolute Gasteiger partial charge is 0.466 e. The van der Waals surface area contributed by atoms with Crippen LogP contribution in [-0.4, -0.2) is 45.0 Å². The smallest absolute Gasteiger partial charge is 0.330 e. The van der Waals surface area contributed by atoms with E-state index in [1.807, 2.05) is 44.2 Å². The van der Waals surface area contributed by atoms with Gasteiger partial charge in [0, 0.05) is 13.2 Å². The van der Waals surface area contributed by atoms with Gasteiger partial charge in [-0.3, -0.25) is 0 Å². The van der Waals surface area contributed by atoms with Crippen molar-refractivity contribution in [3.63, 3.8) is 0 Å². The monoisotopic (exact) mass is 350 g/mol. The zero-order chi connectivity index (χ0) is 18.3. The lowest BCUT2D eigenvalue weighted by molar-refractivity contribution is -0.171. The molecule has 1 aromatic carbocycles. The van der Waals surface area contributed by atoms with Crippen molar-refractivity contribution in [3.05, 3.63) is 48.0 Å². The molecule has 1 aliphatic heterocycles. The highest BCUT2D eigenvalue weighted by Crippen LogP contribution is 2.38. The van der Waals surface area contributed by atoms with E-state index in [0.29, 0.717) is 6.42 Å².